The Kier molecular flexibility index (Phi) is 3.60. The second kappa shape index (κ2) is 4.98. The third kappa shape index (κ3) is 2.73. The van der Waals surface area contributed by atoms with Crippen molar-refractivity contribution in [3.05, 3.63) is 52.8 Å². The Morgan fingerprint density at radius 3 is 2.59 bits per heavy atom. The maximum atomic E-state index is 13.4. The van der Waals surface area contributed by atoms with Gasteiger partial charge in [0.2, 0.25) is 0 Å². The van der Waals surface area contributed by atoms with Crippen LogP contribution >= 0.6 is 23.4 Å². The van der Waals surface area contributed by atoms with E-state index in [9.17, 15) is 4.39 Å². The molecule has 88 valence electrons. The van der Waals surface area contributed by atoms with Gasteiger partial charge in [-0.1, -0.05) is 41.6 Å². The van der Waals surface area contributed by atoms with Crippen LogP contribution in [0.5, 0.6) is 0 Å². The zero-order chi connectivity index (χ0) is 12.4. The van der Waals surface area contributed by atoms with Gasteiger partial charge in [-0.25, -0.2) is 4.39 Å². The molecule has 0 amide bonds. The SMILES string of the molecule is Cc1ccccc1Sc1cc(F)c(Cl)cc1N. The topological polar surface area (TPSA) is 26.0 Å². The fraction of sp³-hybridized carbons (Fsp3) is 0.0769. The Labute approximate surface area is 109 Å². The van der Waals surface area contributed by atoms with Gasteiger partial charge in [-0.2, -0.15) is 0 Å². The van der Waals surface area contributed by atoms with Crippen LogP contribution in [0.2, 0.25) is 5.02 Å². The first-order chi connectivity index (χ1) is 8.08. The van der Waals surface area contributed by atoms with Gasteiger partial charge >= 0.3 is 0 Å². The highest BCUT2D eigenvalue weighted by atomic mass is 35.5. The average molecular weight is 268 g/mol. The average Bonchev–Trinajstić information content (AvgIpc) is 2.29. The predicted octanol–water partition coefficient (Wildman–Crippen LogP) is 4.52. The van der Waals surface area contributed by atoms with E-state index in [1.54, 1.807) is 0 Å². The number of anilines is 1. The molecule has 2 aromatic carbocycles. The predicted molar refractivity (Wildman–Crippen MR) is 71.1 cm³/mol. The van der Waals surface area contributed by atoms with E-state index in [1.807, 2.05) is 31.2 Å². The first-order valence-electron chi connectivity index (χ1n) is 5.06. The number of nitrogens with two attached hydrogens (primary N) is 1. The Morgan fingerprint density at radius 2 is 1.88 bits per heavy atom. The van der Waals surface area contributed by atoms with Crippen LogP contribution in [0.3, 0.4) is 0 Å². The fourth-order valence-corrected chi connectivity index (χ4v) is 2.55. The summed E-state index contributed by atoms with van der Waals surface area (Å²) >= 11 is 7.10. The van der Waals surface area contributed by atoms with E-state index in [0.29, 0.717) is 10.6 Å². The summed E-state index contributed by atoms with van der Waals surface area (Å²) in [7, 11) is 0. The number of hydrogen-bond donors (Lipinski definition) is 1. The highest BCUT2D eigenvalue weighted by Gasteiger charge is 2.08. The summed E-state index contributed by atoms with van der Waals surface area (Å²) in [6, 6.07) is 10.7. The summed E-state index contributed by atoms with van der Waals surface area (Å²) in [6.07, 6.45) is 0. The van der Waals surface area contributed by atoms with Gasteiger partial charge < -0.3 is 5.73 Å². The van der Waals surface area contributed by atoms with Gasteiger partial charge in [-0.15, -0.1) is 0 Å². The number of halogens is 2. The van der Waals surface area contributed by atoms with Gasteiger partial charge in [-0.05, 0) is 30.7 Å². The molecule has 0 fully saturated rings. The number of benzene rings is 2. The number of hydrogen-bond acceptors (Lipinski definition) is 2. The molecule has 0 unspecified atom stereocenters. The van der Waals surface area contributed by atoms with Gasteiger partial charge in [0.25, 0.3) is 0 Å². The minimum atomic E-state index is -0.447. The van der Waals surface area contributed by atoms with Crippen molar-refractivity contribution in [2.75, 3.05) is 5.73 Å². The Morgan fingerprint density at radius 1 is 1.18 bits per heavy atom. The summed E-state index contributed by atoms with van der Waals surface area (Å²) < 4.78 is 13.4. The lowest BCUT2D eigenvalue weighted by Gasteiger charge is -2.08. The molecule has 0 heterocycles. The van der Waals surface area contributed by atoms with E-state index >= 15 is 0 Å². The standard InChI is InChI=1S/C13H11ClFNS/c1-8-4-2-3-5-12(8)17-13-7-10(15)9(14)6-11(13)16/h2-7H,16H2,1H3. The summed E-state index contributed by atoms with van der Waals surface area (Å²) in [6.45, 7) is 2.00. The van der Waals surface area contributed by atoms with Crippen molar-refractivity contribution in [1.82, 2.24) is 0 Å². The van der Waals surface area contributed by atoms with Gasteiger partial charge in [0, 0.05) is 15.5 Å². The number of aryl methyl sites for hydroxylation is 1. The Balaban J connectivity index is 2.37. The molecule has 0 saturated carbocycles. The molecule has 0 atom stereocenters. The lowest BCUT2D eigenvalue weighted by atomic mass is 10.2. The maximum Gasteiger partial charge on any atom is 0.143 e. The van der Waals surface area contributed by atoms with Crippen LogP contribution in [-0.2, 0) is 0 Å². The molecule has 0 aliphatic heterocycles. The third-order valence-electron chi connectivity index (χ3n) is 2.37. The minimum absolute atomic E-state index is 0.0524. The second-order valence-electron chi connectivity index (χ2n) is 3.67. The van der Waals surface area contributed by atoms with E-state index in [1.165, 1.54) is 23.9 Å². The van der Waals surface area contributed by atoms with Gasteiger partial charge in [0.1, 0.15) is 5.82 Å². The molecule has 0 bridgehead atoms. The molecule has 1 nitrogen and oxygen atoms in total. The van der Waals surface area contributed by atoms with Crippen molar-refractivity contribution >= 4 is 29.1 Å². The van der Waals surface area contributed by atoms with Crippen molar-refractivity contribution in [1.29, 1.82) is 0 Å². The molecular weight excluding hydrogens is 257 g/mol. The summed E-state index contributed by atoms with van der Waals surface area (Å²) in [5.74, 6) is -0.447. The van der Waals surface area contributed by atoms with Crippen molar-refractivity contribution in [3.8, 4) is 0 Å². The van der Waals surface area contributed by atoms with Crippen LogP contribution in [0.4, 0.5) is 10.1 Å². The van der Waals surface area contributed by atoms with Crippen molar-refractivity contribution in [2.45, 2.75) is 16.7 Å². The molecule has 0 spiro atoms. The zero-order valence-electron chi connectivity index (χ0n) is 9.21. The Bertz CT molecular complexity index is 557. The Hall–Kier alpha value is -1.19. The van der Waals surface area contributed by atoms with Crippen LogP contribution in [0.1, 0.15) is 5.56 Å². The monoisotopic (exact) mass is 267 g/mol. The van der Waals surface area contributed by atoms with Crippen LogP contribution < -0.4 is 5.73 Å². The maximum absolute atomic E-state index is 13.4. The number of nitrogen functional groups attached to an aromatic ring is 1. The smallest absolute Gasteiger partial charge is 0.143 e. The quantitative estimate of drug-likeness (QED) is 0.810. The molecule has 0 aromatic heterocycles. The van der Waals surface area contributed by atoms with Gasteiger partial charge in [0.15, 0.2) is 0 Å². The normalized spacial score (nSPS) is 10.5. The third-order valence-corrected chi connectivity index (χ3v) is 3.91. The molecule has 4 heteroatoms. The molecule has 17 heavy (non-hydrogen) atoms. The number of rotatable bonds is 2. The lowest BCUT2D eigenvalue weighted by molar-refractivity contribution is 0.625. The van der Waals surface area contributed by atoms with Crippen LogP contribution in [0.25, 0.3) is 0 Å². The second-order valence-corrected chi connectivity index (χ2v) is 5.16. The molecule has 2 N–H and O–H groups in total. The van der Waals surface area contributed by atoms with Crippen molar-refractivity contribution in [2.24, 2.45) is 0 Å². The van der Waals surface area contributed by atoms with Crippen molar-refractivity contribution < 1.29 is 4.39 Å². The molecule has 0 aliphatic carbocycles. The molecule has 0 saturated heterocycles. The van der Waals surface area contributed by atoms with Gasteiger partial charge in [0.05, 0.1) is 5.02 Å². The van der Waals surface area contributed by atoms with E-state index < -0.39 is 5.82 Å². The minimum Gasteiger partial charge on any atom is -0.398 e. The first-order valence-corrected chi connectivity index (χ1v) is 6.25. The summed E-state index contributed by atoms with van der Waals surface area (Å²) in [5.41, 5.74) is 7.44. The van der Waals surface area contributed by atoms with Crippen LogP contribution in [0, 0.1) is 12.7 Å². The van der Waals surface area contributed by atoms with Crippen LogP contribution in [0.15, 0.2) is 46.2 Å². The highest BCUT2D eigenvalue weighted by molar-refractivity contribution is 7.99. The molecular formula is C13H11ClFNS. The van der Waals surface area contributed by atoms with Crippen molar-refractivity contribution in [3.63, 3.8) is 0 Å². The zero-order valence-corrected chi connectivity index (χ0v) is 10.8. The van der Waals surface area contributed by atoms with Crippen LogP contribution in [-0.4, -0.2) is 0 Å². The lowest BCUT2D eigenvalue weighted by Crippen LogP contribution is -1.91. The highest BCUT2D eigenvalue weighted by Crippen LogP contribution is 2.36. The summed E-state index contributed by atoms with van der Waals surface area (Å²) in [4.78, 5) is 1.74. The molecule has 2 rings (SSSR count). The van der Waals surface area contributed by atoms with E-state index in [2.05, 4.69) is 0 Å². The van der Waals surface area contributed by atoms with E-state index in [0.717, 1.165) is 10.5 Å². The molecule has 0 radical (unpaired) electrons. The van der Waals surface area contributed by atoms with Gasteiger partial charge in [-0.3, -0.25) is 0 Å². The first kappa shape index (κ1) is 12.3. The fourth-order valence-electron chi connectivity index (χ4n) is 1.42. The van der Waals surface area contributed by atoms with E-state index in [-0.39, 0.29) is 5.02 Å². The largest absolute Gasteiger partial charge is 0.398 e. The molecule has 2 aromatic rings. The summed E-state index contributed by atoms with van der Waals surface area (Å²) in [5, 5.41) is 0.0524. The van der Waals surface area contributed by atoms with E-state index in [4.69, 9.17) is 17.3 Å². The molecule has 0 aliphatic rings.